The number of carbonyl (C=O) groups excluding carboxylic acids is 1. The van der Waals surface area contributed by atoms with E-state index in [0.29, 0.717) is 5.56 Å². The highest BCUT2D eigenvalue weighted by atomic mass is 16.5. The lowest BCUT2D eigenvalue weighted by molar-refractivity contribution is -0.0732. The molecule has 2 rings (SSSR count). The Kier molecular flexibility index (Phi) is 5.97. The zero-order valence-corrected chi connectivity index (χ0v) is 20.4. The summed E-state index contributed by atoms with van der Waals surface area (Å²) < 4.78 is 6.02. The maximum absolute atomic E-state index is 13.2. The number of phenolic OH excluding ortho intramolecular Hbond substituents is 1. The highest BCUT2D eigenvalue weighted by Crippen LogP contribution is 2.41. The van der Waals surface area contributed by atoms with Gasteiger partial charge in [-0.1, -0.05) is 41.5 Å². The molecule has 0 aromatic heterocycles. The number of hydrogen-bond donors (Lipinski definition) is 1. The first-order chi connectivity index (χ1) is 12.9. The molecule has 1 aromatic carbocycles. The first-order valence-electron chi connectivity index (χ1n) is 10.7. The van der Waals surface area contributed by atoms with Crippen LogP contribution < -0.4 is 0 Å². The lowest BCUT2D eigenvalue weighted by Gasteiger charge is -2.53. The monoisotopic (exact) mass is 403 g/mol. The number of rotatable bonds is 2. The van der Waals surface area contributed by atoms with Crippen LogP contribution in [0.15, 0.2) is 12.1 Å². The van der Waals surface area contributed by atoms with Crippen LogP contribution in [0.25, 0.3) is 0 Å². The van der Waals surface area contributed by atoms with Gasteiger partial charge in [0.25, 0.3) is 0 Å². The van der Waals surface area contributed by atoms with Gasteiger partial charge in [0.15, 0.2) is 0 Å². The summed E-state index contributed by atoms with van der Waals surface area (Å²) in [6.45, 7) is 21.1. The number of hydrogen-bond acceptors (Lipinski definition) is 4. The van der Waals surface area contributed by atoms with Crippen LogP contribution >= 0.6 is 0 Å². The molecule has 4 nitrogen and oxygen atoms in total. The van der Waals surface area contributed by atoms with Crippen molar-refractivity contribution in [1.82, 2.24) is 4.90 Å². The number of phenols is 1. The van der Waals surface area contributed by atoms with E-state index in [1.807, 2.05) is 41.5 Å². The normalized spacial score (nSPS) is 20.5. The summed E-state index contributed by atoms with van der Waals surface area (Å²) in [5.41, 5.74) is 1.42. The average molecular weight is 404 g/mol. The summed E-state index contributed by atoms with van der Waals surface area (Å²) in [5.74, 6) is -0.0229. The van der Waals surface area contributed by atoms with E-state index < -0.39 is 0 Å². The van der Waals surface area contributed by atoms with Crippen LogP contribution in [-0.4, -0.2) is 40.2 Å². The minimum absolute atomic E-state index is 0.0468. The molecule has 0 unspecified atom stereocenters. The van der Waals surface area contributed by atoms with Crippen molar-refractivity contribution in [3.63, 3.8) is 0 Å². The van der Waals surface area contributed by atoms with Crippen molar-refractivity contribution in [3.8, 4) is 5.75 Å². The fourth-order valence-corrected chi connectivity index (χ4v) is 4.48. The second-order valence-electron chi connectivity index (χ2n) is 12.0. The first kappa shape index (κ1) is 23.7. The first-order valence-corrected chi connectivity index (χ1v) is 10.7. The summed E-state index contributed by atoms with van der Waals surface area (Å²) in [4.78, 5) is 15.5. The van der Waals surface area contributed by atoms with Crippen LogP contribution in [0.1, 0.15) is 104 Å². The Morgan fingerprint density at radius 1 is 0.966 bits per heavy atom. The van der Waals surface area contributed by atoms with E-state index in [1.165, 1.54) is 0 Å². The third kappa shape index (κ3) is 4.96. The number of ether oxygens (including phenoxy) is 1. The van der Waals surface area contributed by atoms with E-state index in [4.69, 9.17) is 4.74 Å². The fraction of sp³-hybridized carbons (Fsp3) is 0.720. The smallest absolute Gasteiger partial charge is 0.338 e. The Morgan fingerprint density at radius 3 is 1.69 bits per heavy atom. The zero-order valence-electron chi connectivity index (χ0n) is 20.4. The predicted octanol–water partition coefficient (Wildman–Crippen LogP) is 5.80. The number of benzene rings is 1. The summed E-state index contributed by atoms with van der Waals surface area (Å²) in [5, 5.41) is 10.9. The number of nitrogens with zero attached hydrogens (tertiary/aromatic N) is 1. The molecular formula is C25H41NO3. The number of likely N-dealkylation sites (tertiary alicyclic amines) is 1. The molecule has 0 saturated carbocycles. The van der Waals surface area contributed by atoms with Crippen molar-refractivity contribution < 1.29 is 14.6 Å². The highest BCUT2D eigenvalue weighted by Gasteiger charge is 2.44. The molecule has 0 aliphatic carbocycles. The van der Waals surface area contributed by atoms with Gasteiger partial charge in [-0.05, 0) is 57.7 Å². The molecule has 4 heteroatoms. The molecule has 164 valence electrons. The van der Waals surface area contributed by atoms with Gasteiger partial charge in [0.2, 0.25) is 0 Å². The SMILES string of the molecule is CN1C(C)(C)CC(OC(=O)c2cc(C(C)(C)C)c(O)c(C(C)(C)C)c2)CC1(C)C. The van der Waals surface area contributed by atoms with Crippen LogP contribution in [-0.2, 0) is 15.6 Å². The highest BCUT2D eigenvalue weighted by molar-refractivity contribution is 5.90. The quantitative estimate of drug-likeness (QED) is 0.635. The zero-order chi connectivity index (χ0) is 22.6. The minimum Gasteiger partial charge on any atom is -0.507 e. The van der Waals surface area contributed by atoms with Crippen LogP contribution in [0.3, 0.4) is 0 Å². The summed E-state index contributed by atoms with van der Waals surface area (Å²) in [6, 6.07) is 3.61. The van der Waals surface area contributed by atoms with Crippen molar-refractivity contribution in [2.45, 2.75) is 110 Å². The van der Waals surface area contributed by atoms with Gasteiger partial charge in [-0.2, -0.15) is 0 Å². The Morgan fingerprint density at radius 2 is 1.34 bits per heavy atom. The van der Waals surface area contributed by atoms with E-state index in [-0.39, 0.29) is 39.7 Å². The van der Waals surface area contributed by atoms with E-state index in [1.54, 1.807) is 12.1 Å². The van der Waals surface area contributed by atoms with E-state index in [2.05, 4.69) is 39.6 Å². The molecule has 1 saturated heterocycles. The lowest BCUT2D eigenvalue weighted by atomic mass is 9.78. The number of piperidine rings is 1. The molecule has 0 bridgehead atoms. The second-order valence-corrected chi connectivity index (χ2v) is 12.0. The minimum atomic E-state index is -0.304. The average Bonchev–Trinajstić information content (AvgIpc) is 2.49. The summed E-state index contributed by atoms with van der Waals surface area (Å²) >= 11 is 0. The predicted molar refractivity (Wildman–Crippen MR) is 120 cm³/mol. The maximum atomic E-state index is 13.2. The van der Waals surface area contributed by atoms with Gasteiger partial charge in [0, 0.05) is 35.0 Å². The van der Waals surface area contributed by atoms with Crippen molar-refractivity contribution in [1.29, 1.82) is 0 Å². The largest absolute Gasteiger partial charge is 0.507 e. The van der Waals surface area contributed by atoms with Gasteiger partial charge in [0.1, 0.15) is 11.9 Å². The number of carbonyl (C=O) groups is 1. The van der Waals surface area contributed by atoms with Crippen molar-refractivity contribution in [2.75, 3.05) is 7.05 Å². The van der Waals surface area contributed by atoms with Crippen LogP contribution in [0.5, 0.6) is 5.75 Å². The van der Waals surface area contributed by atoms with Crippen molar-refractivity contribution in [2.24, 2.45) is 0 Å². The van der Waals surface area contributed by atoms with Crippen LogP contribution in [0.4, 0.5) is 0 Å². The van der Waals surface area contributed by atoms with Crippen LogP contribution in [0, 0.1) is 0 Å². The van der Waals surface area contributed by atoms with E-state index >= 15 is 0 Å². The lowest BCUT2D eigenvalue weighted by Crippen LogP contribution is -2.60. The van der Waals surface area contributed by atoms with Crippen LogP contribution in [0.2, 0.25) is 0 Å². The van der Waals surface area contributed by atoms with Gasteiger partial charge in [0.05, 0.1) is 5.56 Å². The third-order valence-electron chi connectivity index (χ3n) is 6.51. The van der Waals surface area contributed by atoms with E-state index in [0.717, 1.165) is 24.0 Å². The molecule has 0 radical (unpaired) electrons. The molecule has 0 spiro atoms. The Hall–Kier alpha value is -1.55. The van der Waals surface area contributed by atoms with Crippen molar-refractivity contribution in [3.05, 3.63) is 28.8 Å². The summed E-state index contributed by atoms with van der Waals surface area (Å²) in [6.07, 6.45) is 1.47. The molecule has 29 heavy (non-hydrogen) atoms. The second kappa shape index (κ2) is 7.30. The maximum Gasteiger partial charge on any atom is 0.338 e. The number of esters is 1. The molecule has 0 atom stereocenters. The molecular weight excluding hydrogens is 362 g/mol. The van der Waals surface area contributed by atoms with Gasteiger partial charge in [-0.3, -0.25) is 4.90 Å². The molecule has 1 aliphatic heterocycles. The Bertz CT molecular complexity index is 725. The molecule has 1 N–H and O–H groups in total. The molecule has 1 fully saturated rings. The standard InChI is InChI=1S/C25H41NO3/c1-22(2,3)18-12-16(13-19(20(18)27)23(4,5)6)21(28)29-17-14-24(7,8)26(11)25(9,10)15-17/h12-13,17,27H,14-15H2,1-11H3. The molecule has 1 aliphatic rings. The molecule has 1 aromatic rings. The van der Waals surface area contributed by atoms with Gasteiger partial charge in [-0.25, -0.2) is 4.79 Å². The Labute approximate surface area is 177 Å². The molecule has 1 heterocycles. The van der Waals surface area contributed by atoms with Gasteiger partial charge in [-0.15, -0.1) is 0 Å². The topological polar surface area (TPSA) is 49.8 Å². The van der Waals surface area contributed by atoms with Gasteiger partial charge < -0.3 is 9.84 Å². The van der Waals surface area contributed by atoms with Crippen molar-refractivity contribution >= 4 is 5.97 Å². The van der Waals surface area contributed by atoms with E-state index in [9.17, 15) is 9.90 Å². The summed E-state index contributed by atoms with van der Waals surface area (Å²) in [7, 11) is 2.14. The molecule has 0 amide bonds. The number of aromatic hydroxyl groups is 1. The Balaban J connectivity index is 2.41. The fourth-order valence-electron chi connectivity index (χ4n) is 4.48. The third-order valence-corrected chi connectivity index (χ3v) is 6.51. The van der Waals surface area contributed by atoms with Gasteiger partial charge >= 0.3 is 5.97 Å².